The van der Waals surface area contributed by atoms with Crippen LogP contribution in [0.5, 0.6) is 0 Å². The highest BCUT2D eigenvalue weighted by Crippen LogP contribution is 2.29. The largest absolute Gasteiger partial charge is 0.451 e. The van der Waals surface area contributed by atoms with Gasteiger partial charge in [0.05, 0.1) is 6.54 Å². The summed E-state index contributed by atoms with van der Waals surface area (Å²) in [5.74, 6) is 5.06. The number of alkyl halides is 3. The van der Waals surface area contributed by atoms with Crippen LogP contribution in [0.2, 0.25) is 0 Å². The Labute approximate surface area is 107 Å². The van der Waals surface area contributed by atoms with Crippen LogP contribution in [-0.4, -0.2) is 38.7 Å². The zero-order valence-electron chi connectivity index (χ0n) is 10.3. The van der Waals surface area contributed by atoms with Gasteiger partial charge in [-0.25, -0.2) is 5.84 Å². The van der Waals surface area contributed by atoms with Crippen LogP contribution in [0.1, 0.15) is 18.6 Å². The number of nitrogens with zero attached hydrogens (tertiary/aromatic N) is 5. The Morgan fingerprint density at radius 3 is 2.74 bits per heavy atom. The van der Waals surface area contributed by atoms with E-state index in [4.69, 9.17) is 5.84 Å². The summed E-state index contributed by atoms with van der Waals surface area (Å²) in [7, 11) is 0. The predicted octanol–water partition coefficient (Wildman–Crippen LogP) is -0.0483. The number of nitrogens with one attached hydrogen (secondary N) is 1. The summed E-state index contributed by atoms with van der Waals surface area (Å²) in [5.41, 5.74) is 2.44. The molecule has 0 amide bonds. The maximum absolute atomic E-state index is 12.7. The number of rotatable bonds is 1. The average molecular weight is 277 g/mol. The fourth-order valence-electron chi connectivity index (χ4n) is 1.93. The van der Waals surface area contributed by atoms with Crippen molar-refractivity contribution < 1.29 is 13.2 Å². The molecule has 0 aromatic carbocycles. The fourth-order valence-corrected chi connectivity index (χ4v) is 1.93. The Hall–Kier alpha value is -1.84. The maximum Gasteiger partial charge on any atom is 0.451 e. The SMILES string of the molecule is CCN=C(NN)N1CCn2c(nnc2C(F)(F)F)C1. The second-order valence-corrected chi connectivity index (χ2v) is 3.95. The van der Waals surface area contributed by atoms with Gasteiger partial charge in [-0.15, -0.1) is 10.2 Å². The lowest BCUT2D eigenvalue weighted by Crippen LogP contribution is -2.48. The van der Waals surface area contributed by atoms with Gasteiger partial charge in [-0.2, -0.15) is 13.2 Å². The minimum Gasteiger partial charge on any atom is -0.333 e. The molecule has 1 aliphatic heterocycles. The molecule has 3 N–H and O–H groups in total. The summed E-state index contributed by atoms with van der Waals surface area (Å²) < 4.78 is 39.1. The topological polar surface area (TPSA) is 84.4 Å². The smallest absolute Gasteiger partial charge is 0.333 e. The first kappa shape index (κ1) is 13.6. The normalized spacial score (nSPS) is 16.5. The predicted molar refractivity (Wildman–Crippen MR) is 60.7 cm³/mol. The van der Waals surface area contributed by atoms with Crippen molar-refractivity contribution >= 4 is 5.96 Å². The molecule has 0 saturated carbocycles. The molecule has 2 rings (SSSR count). The number of aliphatic imine (C=N–C) groups is 1. The van der Waals surface area contributed by atoms with E-state index < -0.39 is 12.0 Å². The summed E-state index contributed by atoms with van der Waals surface area (Å²) in [6.07, 6.45) is -4.49. The molecule has 106 valence electrons. The molecule has 19 heavy (non-hydrogen) atoms. The van der Waals surface area contributed by atoms with Crippen LogP contribution in [0.4, 0.5) is 13.2 Å². The Morgan fingerprint density at radius 2 is 2.16 bits per heavy atom. The lowest BCUT2D eigenvalue weighted by atomic mass is 10.3. The van der Waals surface area contributed by atoms with Crippen LogP contribution in [0.15, 0.2) is 4.99 Å². The summed E-state index contributed by atoms with van der Waals surface area (Å²) in [6.45, 7) is 3.05. The van der Waals surface area contributed by atoms with Gasteiger partial charge < -0.3 is 9.47 Å². The van der Waals surface area contributed by atoms with Crippen molar-refractivity contribution in [3.8, 4) is 0 Å². The summed E-state index contributed by atoms with van der Waals surface area (Å²) >= 11 is 0. The Balaban J connectivity index is 2.22. The number of hydrogen-bond acceptors (Lipinski definition) is 4. The van der Waals surface area contributed by atoms with Gasteiger partial charge in [-0.05, 0) is 6.92 Å². The summed E-state index contributed by atoms with van der Waals surface area (Å²) in [4.78, 5) is 5.85. The van der Waals surface area contributed by atoms with E-state index in [1.807, 2.05) is 6.92 Å². The van der Waals surface area contributed by atoms with Gasteiger partial charge in [0.25, 0.3) is 0 Å². The molecule has 0 aliphatic carbocycles. The van der Waals surface area contributed by atoms with E-state index in [9.17, 15) is 13.2 Å². The van der Waals surface area contributed by atoms with Gasteiger partial charge in [0.2, 0.25) is 11.8 Å². The molecule has 0 saturated heterocycles. The Kier molecular flexibility index (Phi) is 3.60. The number of hydrazine groups is 1. The zero-order chi connectivity index (χ0) is 14.0. The standard InChI is InChI=1S/C9H14F3N7/c1-2-14-8(15-13)18-3-4-19-6(5-18)16-17-7(19)9(10,11)12/h2-5,13H2,1H3,(H,14,15). The molecule has 0 fully saturated rings. The number of halogens is 3. The van der Waals surface area contributed by atoms with Crippen LogP contribution in [0, 0.1) is 0 Å². The molecular weight excluding hydrogens is 263 g/mol. The van der Waals surface area contributed by atoms with Crippen LogP contribution in [-0.2, 0) is 19.3 Å². The van der Waals surface area contributed by atoms with E-state index in [1.165, 1.54) is 0 Å². The molecule has 1 aromatic heterocycles. The molecule has 2 heterocycles. The van der Waals surface area contributed by atoms with E-state index in [2.05, 4.69) is 20.6 Å². The van der Waals surface area contributed by atoms with E-state index in [0.29, 0.717) is 19.0 Å². The van der Waals surface area contributed by atoms with Crippen molar-refractivity contribution in [3.63, 3.8) is 0 Å². The zero-order valence-corrected chi connectivity index (χ0v) is 10.3. The van der Waals surface area contributed by atoms with Crippen molar-refractivity contribution in [2.24, 2.45) is 10.8 Å². The van der Waals surface area contributed by atoms with Gasteiger partial charge in [0, 0.05) is 19.6 Å². The molecular formula is C9H14F3N7. The lowest BCUT2D eigenvalue weighted by Gasteiger charge is -2.30. The summed E-state index contributed by atoms with van der Waals surface area (Å²) in [6, 6.07) is 0. The molecule has 1 aliphatic rings. The van der Waals surface area contributed by atoms with Gasteiger partial charge in [-0.3, -0.25) is 10.4 Å². The third-order valence-electron chi connectivity index (χ3n) is 2.74. The van der Waals surface area contributed by atoms with Gasteiger partial charge >= 0.3 is 6.18 Å². The van der Waals surface area contributed by atoms with Crippen molar-refractivity contribution in [2.45, 2.75) is 26.2 Å². The third kappa shape index (κ3) is 2.62. The molecule has 0 atom stereocenters. The van der Waals surface area contributed by atoms with E-state index in [-0.39, 0.29) is 18.9 Å². The highest BCUT2D eigenvalue weighted by Gasteiger charge is 2.39. The molecule has 0 radical (unpaired) electrons. The Bertz CT molecular complexity index is 479. The second kappa shape index (κ2) is 5.03. The third-order valence-corrected chi connectivity index (χ3v) is 2.74. The molecule has 0 unspecified atom stereocenters. The van der Waals surface area contributed by atoms with Crippen LogP contribution >= 0.6 is 0 Å². The van der Waals surface area contributed by atoms with E-state index in [0.717, 1.165) is 4.57 Å². The minimum atomic E-state index is -4.49. The summed E-state index contributed by atoms with van der Waals surface area (Å²) in [5, 5.41) is 6.78. The highest BCUT2D eigenvalue weighted by atomic mass is 19.4. The number of guanidine groups is 1. The van der Waals surface area contributed by atoms with Gasteiger partial charge in [0.1, 0.15) is 0 Å². The number of fused-ring (bicyclic) bond motifs is 1. The Morgan fingerprint density at radius 1 is 1.42 bits per heavy atom. The first-order valence-corrected chi connectivity index (χ1v) is 5.72. The molecule has 7 nitrogen and oxygen atoms in total. The monoisotopic (exact) mass is 277 g/mol. The number of aromatic nitrogens is 3. The van der Waals surface area contributed by atoms with Crippen LogP contribution in [0.25, 0.3) is 0 Å². The quantitative estimate of drug-likeness (QED) is 0.325. The molecule has 0 spiro atoms. The lowest BCUT2D eigenvalue weighted by molar-refractivity contribution is -0.147. The number of nitrogens with two attached hydrogens (primary N) is 1. The van der Waals surface area contributed by atoms with Crippen molar-refractivity contribution in [2.75, 3.05) is 13.1 Å². The second-order valence-electron chi connectivity index (χ2n) is 3.95. The highest BCUT2D eigenvalue weighted by molar-refractivity contribution is 5.79. The first-order valence-electron chi connectivity index (χ1n) is 5.72. The maximum atomic E-state index is 12.7. The van der Waals surface area contributed by atoms with Gasteiger partial charge in [0.15, 0.2) is 5.82 Å². The van der Waals surface area contributed by atoms with E-state index in [1.54, 1.807) is 4.90 Å². The minimum absolute atomic E-state index is 0.140. The fraction of sp³-hybridized carbons (Fsp3) is 0.667. The van der Waals surface area contributed by atoms with Crippen LogP contribution < -0.4 is 11.3 Å². The molecule has 10 heteroatoms. The van der Waals surface area contributed by atoms with E-state index >= 15 is 0 Å². The van der Waals surface area contributed by atoms with Gasteiger partial charge in [-0.1, -0.05) is 0 Å². The van der Waals surface area contributed by atoms with Crippen molar-refractivity contribution in [1.29, 1.82) is 0 Å². The average Bonchev–Trinajstić information content (AvgIpc) is 2.78. The molecule has 1 aromatic rings. The van der Waals surface area contributed by atoms with Crippen molar-refractivity contribution in [3.05, 3.63) is 11.6 Å². The number of hydrogen-bond donors (Lipinski definition) is 2. The first-order chi connectivity index (χ1) is 8.97. The van der Waals surface area contributed by atoms with Crippen LogP contribution in [0.3, 0.4) is 0 Å². The van der Waals surface area contributed by atoms with Crippen molar-refractivity contribution in [1.82, 2.24) is 25.1 Å². The molecule has 0 bridgehead atoms.